The molecule has 28 heavy (non-hydrogen) atoms. The lowest BCUT2D eigenvalue weighted by molar-refractivity contribution is 0.0504. The van der Waals surface area contributed by atoms with E-state index in [4.69, 9.17) is 4.74 Å². The number of carbonyl (C=O) groups is 1. The number of alkyl carbamates (subject to hydrolysis) is 1. The summed E-state index contributed by atoms with van der Waals surface area (Å²) in [6.07, 6.45) is 2.81. The van der Waals surface area contributed by atoms with Crippen molar-refractivity contribution in [1.29, 1.82) is 0 Å². The Kier molecular flexibility index (Phi) is 6.78. The molecule has 1 aliphatic rings. The molecule has 158 valence electrons. The quantitative estimate of drug-likeness (QED) is 0.710. The molecule has 2 N–H and O–H groups in total. The molecule has 0 radical (unpaired) electrons. The third kappa shape index (κ3) is 6.75. The van der Waals surface area contributed by atoms with Crippen molar-refractivity contribution in [3.63, 3.8) is 0 Å². The summed E-state index contributed by atoms with van der Waals surface area (Å²) in [7, 11) is -7.11. The van der Waals surface area contributed by atoms with Crippen molar-refractivity contribution in [1.82, 2.24) is 10.0 Å². The molecule has 0 bridgehead atoms. The number of hydrogen-bond donors (Lipinski definition) is 2. The summed E-state index contributed by atoms with van der Waals surface area (Å²) in [5, 5.41) is 2.82. The summed E-state index contributed by atoms with van der Waals surface area (Å²) in [4.78, 5) is 11.9. The van der Waals surface area contributed by atoms with Gasteiger partial charge in [0.05, 0.1) is 9.79 Å². The van der Waals surface area contributed by atoms with E-state index in [-0.39, 0.29) is 28.3 Å². The highest BCUT2D eigenvalue weighted by molar-refractivity contribution is 7.90. The lowest BCUT2D eigenvalue weighted by Gasteiger charge is -2.21. The summed E-state index contributed by atoms with van der Waals surface area (Å²) >= 11 is 0. The van der Waals surface area contributed by atoms with Gasteiger partial charge in [-0.25, -0.2) is 26.4 Å². The first kappa shape index (κ1) is 22.6. The number of hydrogen-bond acceptors (Lipinski definition) is 6. The molecular weight excluding hydrogens is 404 g/mol. The predicted molar refractivity (Wildman–Crippen MR) is 105 cm³/mol. The highest BCUT2D eigenvalue weighted by Crippen LogP contribution is 2.26. The molecule has 0 unspecified atom stereocenters. The van der Waals surface area contributed by atoms with E-state index in [1.165, 1.54) is 24.3 Å². The number of rotatable bonds is 6. The van der Waals surface area contributed by atoms with E-state index in [1.807, 2.05) is 0 Å². The maximum Gasteiger partial charge on any atom is 0.407 e. The van der Waals surface area contributed by atoms with Gasteiger partial charge in [0.1, 0.15) is 5.60 Å². The van der Waals surface area contributed by atoms with Gasteiger partial charge in [-0.05, 0) is 70.2 Å². The number of benzene rings is 1. The van der Waals surface area contributed by atoms with Crippen molar-refractivity contribution < 1.29 is 26.4 Å². The average molecular weight is 433 g/mol. The Hall–Kier alpha value is -1.65. The van der Waals surface area contributed by atoms with E-state index in [2.05, 4.69) is 10.0 Å². The van der Waals surface area contributed by atoms with Crippen molar-refractivity contribution in [2.75, 3.05) is 12.8 Å². The lowest BCUT2D eigenvalue weighted by Crippen LogP contribution is -2.38. The van der Waals surface area contributed by atoms with Gasteiger partial charge in [-0.15, -0.1) is 0 Å². The summed E-state index contributed by atoms with van der Waals surface area (Å²) < 4.78 is 55.6. The molecule has 1 amide bonds. The van der Waals surface area contributed by atoms with Crippen molar-refractivity contribution in [3.05, 3.63) is 24.3 Å². The summed E-state index contributed by atoms with van der Waals surface area (Å²) in [5.41, 5.74) is -0.565. The Morgan fingerprint density at radius 3 is 2.18 bits per heavy atom. The van der Waals surface area contributed by atoms with Crippen molar-refractivity contribution in [3.8, 4) is 0 Å². The predicted octanol–water partition coefficient (Wildman–Crippen LogP) is 2.06. The molecule has 1 saturated carbocycles. The van der Waals surface area contributed by atoms with Crippen LogP contribution in [0.3, 0.4) is 0 Å². The van der Waals surface area contributed by atoms with Gasteiger partial charge < -0.3 is 10.1 Å². The van der Waals surface area contributed by atoms with Crippen molar-refractivity contribution in [2.24, 2.45) is 5.92 Å². The largest absolute Gasteiger partial charge is 0.444 e. The van der Waals surface area contributed by atoms with Crippen molar-refractivity contribution >= 4 is 26.0 Å². The van der Waals surface area contributed by atoms with E-state index in [0.29, 0.717) is 6.42 Å². The van der Waals surface area contributed by atoms with Crippen LogP contribution in [0.4, 0.5) is 4.79 Å². The minimum atomic E-state index is -3.73. The maximum absolute atomic E-state index is 12.4. The first-order valence-electron chi connectivity index (χ1n) is 9.05. The second kappa shape index (κ2) is 8.38. The van der Waals surface area contributed by atoms with Crippen LogP contribution in [-0.2, 0) is 24.6 Å². The van der Waals surface area contributed by atoms with Gasteiger partial charge in [-0.1, -0.05) is 0 Å². The Labute approximate surface area is 167 Å². The Morgan fingerprint density at radius 1 is 1.07 bits per heavy atom. The smallest absolute Gasteiger partial charge is 0.407 e. The van der Waals surface area contributed by atoms with Crippen LogP contribution in [0, 0.1) is 5.92 Å². The van der Waals surface area contributed by atoms with E-state index in [9.17, 15) is 21.6 Å². The fourth-order valence-electron chi connectivity index (χ4n) is 3.04. The van der Waals surface area contributed by atoms with E-state index in [0.717, 1.165) is 19.1 Å². The van der Waals surface area contributed by atoms with Gasteiger partial charge in [-0.2, -0.15) is 0 Å². The number of sulfone groups is 1. The number of amides is 1. The first-order valence-corrected chi connectivity index (χ1v) is 12.4. The molecule has 0 heterocycles. The monoisotopic (exact) mass is 432 g/mol. The molecule has 2 atom stereocenters. The fourth-order valence-corrected chi connectivity index (χ4v) is 4.79. The van der Waals surface area contributed by atoms with Crippen LogP contribution in [0.25, 0.3) is 0 Å². The van der Waals surface area contributed by atoms with Crippen LogP contribution in [0.15, 0.2) is 34.1 Å². The first-order chi connectivity index (χ1) is 12.8. The zero-order valence-corrected chi connectivity index (χ0v) is 18.2. The lowest BCUT2D eigenvalue weighted by atomic mass is 10.1. The molecular formula is C18H28N2O6S2. The van der Waals surface area contributed by atoms with Gasteiger partial charge in [-0.3, -0.25) is 0 Å². The van der Waals surface area contributed by atoms with E-state index < -0.39 is 31.6 Å². The third-order valence-corrected chi connectivity index (χ3v) is 6.95. The number of ether oxygens (including phenoxy) is 1. The third-order valence-electron chi connectivity index (χ3n) is 4.39. The molecule has 1 aliphatic carbocycles. The van der Waals surface area contributed by atoms with Gasteiger partial charge in [0.2, 0.25) is 10.0 Å². The second-order valence-electron chi connectivity index (χ2n) is 8.12. The fraction of sp³-hybridized carbons (Fsp3) is 0.611. The summed E-state index contributed by atoms with van der Waals surface area (Å²) in [5.74, 6) is 0.102. The maximum atomic E-state index is 12.4. The van der Waals surface area contributed by atoms with Crippen LogP contribution < -0.4 is 10.0 Å². The highest BCUT2D eigenvalue weighted by Gasteiger charge is 2.28. The van der Waals surface area contributed by atoms with Gasteiger partial charge in [0.15, 0.2) is 9.84 Å². The molecule has 1 aromatic rings. The molecule has 0 aliphatic heterocycles. The zero-order valence-electron chi connectivity index (χ0n) is 16.6. The Bertz CT molecular complexity index is 902. The van der Waals surface area contributed by atoms with Crippen LogP contribution >= 0.6 is 0 Å². The Balaban J connectivity index is 1.87. The standard InChI is InChI=1S/C18H28N2O6S2/c1-18(2,3)26-17(21)20-14-6-5-13(11-14)12-19-28(24,25)16-9-7-15(8-10-16)27(4,22)23/h7-10,13-14,19H,5-6,11-12H2,1-4H3,(H,20,21)/t13-,14+/m0/s1. The number of nitrogens with one attached hydrogen (secondary N) is 2. The topological polar surface area (TPSA) is 119 Å². The second-order valence-corrected chi connectivity index (χ2v) is 11.9. The zero-order chi connectivity index (χ0) is 21.2. The molecule has 1 fully saturated rings. The highest BCUT2D eigenvalue weighted by atomic mass is 32.2. The minimum absolute atomic E-state index is 0.0151. The van der Waals surface area contributed by atoms with Crippen LogP contribution in [0.2, 0.25) is 0 Å². The van der Waals surface area contributed by atoms with Gasteiger partial charge >= 0.3 is 6.09 Å². The van der Waals surface area contributed by atoms with Crippen molar-refractivity contribution in [2.45, 2.75) is 61.5 Å². The van der Waals surface area contributed by atoms with Crippen LogP contribution in [-0.4, -0.2) is 47.4 Å². The van der Waals surface area contributed by atoms with Crippen LogP contribution in [0.1, 0.15) is 40.0 Å². The molecule has 0 spiro atoms. The molecule has 2 rings (SSSR count). The average Bonchev–Trinajstić information content (AvgIpc) is 2.98. The molecule has 8 nitrogen and oxygen atoms in total. The SMILES string of the molecule is CC(C)(C)OC(=O)N[C@@H]1CC[C@H](CNS(=O)(=O)c2ccc(S(C)(=O)=O)cc2)C1. The molecule has 0 aromatic heterocycles. The summed E-state index contributed by atoms with van der Waals surface area (Å²) in [6, 6.07) is 5.07. The molecule has 10 heteroatoms. The van der Waals surface area contributed by atoms with Gasteiger partial charge in [0, 0.05) is 18.8 Å². The number of sulfonamides is 1. The Morgan fingerprint density at radius 2 is 1.64 bits per heavy atom. The van der Waals surface area contributed by atoms with E-state index in [1.54, 1.807) is 20.8 Å². The van der Waals surface area contributed by atoms with Gasteiger partial charge in [0.25, 0.3) is 0 Å². The minimum Gasteiger partial charge on any atom is -0.444 e. The van der Waals surface area contributed by atoms with E-state index >= 15 is 0 Å². The number of carbonyl (C=O) groups excluding carboxylic acids is 1. The normalized spacial score (nSPS) is 20.7. The molecule has 0 saturated heterocycles. The van der Waals surface area contributed by atoms with Crippen LogP contribution in [0.5, 0.6) is 0 Å². The molecule has 1 aromatic carbocycles. The summed E-state index contributed by atoms with van der Waals surface area (Å²) in [6.45, 7) is 5.63.